The van der Waals surface area contributed by atoms with E-state index in [1.54, 1.807) is 12.4 Å². The van der Waals surface area contributed by atoms with Crippen LogP contribution in [0.4, 0.5) is 10.9 Å². The summed E-state index contributed by atoms with van der Waals surface area (Å²) in [6, 6.07) is 0.182. The molecule has 0 atom stereocenters. The number of piperazine rings is 1. The van der Waals surface area contributed by atoms with E-state index < -0.39 is 0 Å². The van der Waals surface area contributed by atoms with Crippen LogP contribution in [-0.2, 0) is 0 Å². The zero-order valence-electron chi connectivity index (χ0n) is 15.8. The second-order valence-corrected chi connectivity index (χ2v) is 8.66. The normalized spacial score (nSPS) is 18.4. The van der Waals surface area contributed by atoms with Gasteiger partial charge in [0.25, 0.3) is 5.91 Å². The van der Waals surface area contributed by atoms with Gasteiger partial charge >= 0.3 is 0 Å². The fourth-order valence-corrected chi connectivity index (χ4v) is 4.70. The number of carbonyl (C=O) groups is 1. The first-order chi connectivity index (χ1) is 13.6. The van der Waals surface area contributed by atoms with Crippen molar-refractivity contribution in [3.63, 3.8) is 0 Å². The average molecular weight is 422 g/mol. The molecule has 1 aliphatic heterocycles. The summed E-state index contributed by atoms with van der Waals surface area (Å²) in [6.07, 6.45) is 8.92. The molecule has 10 heteroatoms. The molecular formula is C18H24ClN7OS. The lowest BCUT2D eigenvalue weighted by molar-refractivity contribution is 0.0947. The number of rotatable bonds is 5. The minimum Gasteiger partial charge on any atom is -0.346 e. The summed E-state index contributed by atoms with van der Waals surface area (Å²) in [7, 11) is 2.12. The summed E-state index contributed by atoms with van der Waals surface area (Å²) in [5.41, 5.74) is 3.02. The molecule has 1 amide bonds. The predicted octanol–water partition coefficient (Wildman–Crippen LogP) is 2.43. The highest BCUT2D eigenvalue weighted by molar-refractivity contribution is 7.17. The van der Waals surface area contributed by atoms with Crippen LogP contribution in [-0.4, -0.2) is 65.0 Å². The number of nitrogens with zero attached hydrogens (tertiary/aromatic N) is 6. The van der Waals surface area contributed by atoms with E-state index in [1.165, 1.54) is 17.7 Å². The second kappa shape index (κ2) is 8.59. The summed E-state index contributed by atoms with van der Waals surface area (Å²) in [5.74, 6) is 0.361. The van der Waals surface area contributed by atoms with Crippen molar-refractivity contribution in [2.24, 2.45) is 0 Å². The van der Waals surface area contributed by atoms with Gasteiger partial charge in [-0.15, -0.1) is 0 Å². The Bertz CT molecular complexity index is 818. The third-order valence-corrected chi connectivity index (χ3v) is 6.60. The number of halogens is 1. The molecular weight excluding hydrogens is 398 g/mol. The number of nitrogens with one attached hydrogen (secondary N) is 1. The topological polar surface area (TPSA) is 77.5 Å². The van der Waals surface area contributed by atoms with Crippen LogP contribution in [0, 0.1) is 0 Å². The fourth-order valence-electron chi connectivity index (χ4n) is 3.64. The van der Waals surface area contributed by atoms with E-state index in [2.05, 4.69) is 37.2 Å². The molecule has 1 aliphatic carbocycles. The molecule has 1 saturated carbocycles. The summed E-state index contributed by atoms with van der Waals surface area (Å²) in [5, 5.41) is 3.14. The van der Waals surface area contributed by atoms with Gasteiger partial charge in [0.05, 0.1) is 18.4 Å². The quantitative estimate of drug-likeness (QED) is 0.743. The van der Waals surface area contributed by atoms with Crippen LogP contribution in [0.15, 0.2) is 18.7 Å². The highest BCUT2D eigenvalue weighted by Gasteiger charge is 2.28. The van der Waals surface area contributed by atoms with Crippen molar-refractivity contribution in [3.8, 4) is 0 Å². The van der Waals surface area contributed by atoms with Crippen LogP contribution in [0.25, 0.3) is 0 Å². The summed E-state index contributed by atoms with van der Waals surface area (Å²) < 4.78 is 0. The number of hydrogen-bond donors (Lipinski definition) is 1. The van der Waals surface area contributed by atoms with E-state index in [9.17, 15) is 4.79 Å². The Morgan fingerprint density at radius 1 is 1.21 bits per heavy atom. The lowest BCUT2D eigenvalue weighted by atomic mass is 10.2. The van der Waals surface area contributed by atoms with Gasteiger partial charge < -0.3 is 9.80 Å². The van der Waals surface area contributed by atoms with E-state index >= 15 is 0 Å². The molecule has 150 valence electrons. The molecule has 0 spiro atoms. The van der Waals surface area contributed by atoms with Crippen molar-refractivity contribution < 1.29 is 4.79 Å². The van der Waals surface area contributed by atoms with Gasteiger partial charge in [-0.3, -0.25) is 15.2 Å². The Kier molecular flexibility index (Phi) is 5.93. The lowest BCUT2D eigenvalue weighted by Gasteiger charge is -2.32. The summed E-state index contributed by atoms with van der Waals surface area (Å²) >= 11 is 7.73. The molecule has 4 rings (SSSR count). The Morgan fingerprint density at radius 2 is 1.96 bits per heavy atom. The van der Waals surface area contributed by atoms with Gasteiger partial charge in [-0.25, -0.2) is 15.0 Å². The maximum absolute atomic E-state index is 12.9. The first kappa shape index (κ1) is 19.4. The average Bonchev–Trinajstić information content (AvgIpc) is 3.39. The molecule has 0 aromatic carbocycles. The zero-order valence-corrected chi connectivity index (χ0v) is 17.4. The maximum Gasteiger partial charge on any atom is 0.281 e. The van der Waals surface area contributed by atoms with Gasteiger partial charge in [-0.05, 0) is 19.9 Å². The molecule has 0 bridgehead atoms. The van der Waals surface area contributed by atoms with Crippen LogP contribution in [0.1, 0.15) is 35.4 Å². The van der Waals surface area contributed by atoms with Crippen molar-refractivity contribution in [2.45, 2.75) is 31.7 Å². The standard InChI is InChI=1S/C18H24ClN7OS/c1-24-6-8-25(9-7-24)18-21-11-15(28-18)17(27)23-26(13-4-2-3-5-13)16-14(19)10-20-12-22-16/h10-13H,2-9H2,1H3,(H,23,27). The van der Waals surface area contributed by atoms with Gasteiger partial charge in [-0.2, -0.15) is 0 Å². The molecule has 0 unspecified atom stereocenters. The minimum atomic E-state index is -0.181. The first-order valence-corrected chi connectivity index (χ1v) is 10.8. The molecule has 3 heterocycles. The third-order valence-electron chi connectivity index (χ3n) is 5.28. The van der Waals surface area contributed by atoms with Gasteiger partial charge in [-0.1, -0.05) is 35.8 Å². The molecule has 1 N–H and O–H groups in total. The van der Waals surface area contributed by atoms with Crippen LogP contribution in [0.5, 0.6) is 0 Å². The lowest BCUT2D eigenvalue weighted by Crippen LogP contribution is -2.48. The number of amides is 1. The highest BCUT2D eigenvalue weighted by Crippen LogP contribution is 2.30. The van der Waals surface area contributed by atoms with Gasteiger partial charge in [0.1, 0.15) is 16.2 Å². The van der Waals surface area contributed by atoms with E-state index in [0.717, 1.165) is 57.0 Å². The fraction of sp³-hybridized carbons (Fsp3) is 0.556. The first-order valence-electron chi connectivity index (χ1n) is 9.57. The smallest absolute Gasteiger partial charge is 0.281 e. The van der Waals surface area contributed by atoms with Crippen LogP contribution >= 0.6 is 22.9 Å². The maximum atomic E-state index is 12.9. The number of hydrazine groups is 1. The number of aromatic nitrogens is 3. The largest absolute Gasteiger partial charge is 0.346 e. The molecule has 1 saturated heterocycles. The minimum absolute atomic E-state index is 0.181. The number of thiazole rings is 1. The Morgan fingerprint density at radius 3 is 2.68 bits per heavy atom. The summed E-state index contributed by atoms with van der Waals surface area (Å²) in [6.45, 7) is 3.86. The van der Waals surface area contributed by atoms with Gasteiger partial charge in [0, 0.05) is 26.2 Å². The Balaban J connectivity index is 1.49. The number of anilines is 2. The Labute approximate surface area is 173 Å². The van der Waals surface area contributed by atoms with E-state index in [4.69, 9.17) is 11.6 Å². The van der Waals surface area contributed by atoms with E-state index in [-0.39, 0.29) is 11.9 Å². The molecule has 2 aliphatic rings. The van der Waals surface area contributed by atoms with Crippen molar-refractivity contribution in [1.29, 1.82) is 0 Å². The van der Waals surface area contributed by atoms with Gasteiger partial charge in [0.2, 0.25) is 0 Å². The van der Waals surface area contributed by atoms with Gasteiger partial charge in [0.15, 0.2) is 10.9 Å². The summed E-state index contributed by atoms with van der Waals surface area (Å²) in [4.78, 5) is 30.8. The number of likely N-dealkylation sites (N-methyl/N-ethyl adjacent to an activating group) is 1. The van der Waals surface area contributed by atoms with E-state index in [0.29, 0.717) is 15.7 Å². The van der Waals surface area contributed by atoms with Crippen molar-refractivity contribution in [3.05, 3.63) is 28.6 Å². The second-order valence-electron chi connectivity index (χ2n) is 7.24. The molecule has 2 fully saturated rings. The SMILES string of the molecule is CN1CCN(c2ncc(C(=O)NN(c3ncncc3Cl)C3CCCC3)s2)CC1. The van der Waals surface area contributed by atoms with Crippen LogP contribution in [0.3, 0.4) is 0 Å². The third kappa shape index (κ3) is 4.21. The van der Waals surface area contributed by atoms with E-state index in [1.807, 2.05) is 5.01 Å². The highest BCUT2D eigenvalue weighted by atomic mass is 35.5. The monoisotopic (exact) mass is 421 g/mol. The Hall–Kier alpha value is -1.97. The molecule has 2 aromatic rings. The van der Waals surface area contributed by atoms with Crippen molar-refractivity contribution in [1.82, 2.24) is 25.3 Å². The van der Waals surface area contributed by atoms with Crippen molar-refractivity contribution >= 4 is 39.8 Å². The molecule has 2 aromatic heterocycles. The molecule has 0 radical (unpaired) electrons. The molecule has 8 nitrogen and oxygen atoms in total. The predicted molar refractivity (Wildman–Crippen MR) is 111 cm³/mol. The zero-order chi connectivity index (χ0) is 19.5. The van der Waals surface area contributed by atoms with Crippen molar-refractivity contribution in [2.75, 3.05) is 43.1 Å². The van der Waals surface area contributed by atoms with Crippen LogP contribution < -0.4 is 15.3 Å². The molecule has 28 heavy (non-hydrogen) atoms. The van der Waals surface area contributed by atoms with Crippen LogP contribution in [0.2, 0.25) is 5.02 Å². The number of hydrogen-bond acceptors (Lipinski definition) is 8. The number of carbonyl (C=O) groups excluding carboxylic acids is 1.